The van der Waals surface area contributed by atoms with Gasteiger partial charge in [0.15, 0.2) is 23.1 Å². The zero-order valence-electron chi connectivity index (χ0n) is 23.0. The minimum Gasteiger partial charge on any atom is -0.454 e. The molecule has 1 amide bonds. The van der Waals surface area contributed by atoms with E-state index in [1.54, 1.807) is 24.3 Å². The van der Waals surface area contributed by atoms with E-state index < -0.39 is 39.9 Å². The number of carbonyl (C=O) groups is 3. The minimum absolute atomic E-state index is 0.0226. The Morgan fingerprint density at radius 2 is 1.61 bits per heavy atom. The number of Topliss-reactive ketones (excluding diaryl/α,β-unsaturated/α-hetero) is 2. The third kappa shape index (κ3) is 3.45. The zero-order chi connectivity index (χ0) is 30.2. The van der Waals surface area contributed by atoms with Crippen LogP contribution >= 0.6 is 0 Å². The number of rotatable bonds is 5. The molecule has 0 bridgehead atoms. The van der Waals surface area contributed by atoms with Crippen LogP contribution in [0.5, 0.6) is 11.5 Å². The molecule has 8 rings (SSSR count). The Morgan fingerprint density at radius 1 is 0.886 bits per heavy atom. The molecule has 0 unspecified atom stereocenters. The molecule has 0 aliphatic carbocycles. The summed E-state index contributed by atoms with van der Waals surface area (Å²) in [6, 6.07) is 23.1. The van der Waals surface area contributed by atoms with E-state index in [-0.39, 0.29) is 29.5 Å². The van der Waals surface area contributed by atoms with Gasteiger partial charge in [-0.05, 0) is 53.6 Å². The summed E-state index contributed by atoms with van der Waals surface area (Å²) >= 11 is 0. The lowest BCUT2D eigenvalue weighted by Gasteiger charge is -2.37. The number of anilines is 2. The summed E-state index contributed by atoms with van der Waals surface area (Å²) in [6.45, 7) is 0.0226. The highest BCUT2D eigenvalue weighted by Gasteiger charge is 2.70. The molecule has 1 saturated heterocycles. The van der Waals surface area contributed by atoms with Crippen LogP contribution in [0.15, 0.2) is 97.1 Å². The number of amides is 1. The van der Waals surface area contributed by atoms with Crippen LogP contribution in [0.2, 0.25) is 0 Å². The molecule has 4 heterocycles. The molecule has 4 aromatic rings. The van der Waals surface area contributed by atoms with Gasteiger partial charge in [-0.2, -0.15) is 0 Å². The molecule has 0 aromatic heterocycles. The van der Waals surface area contributed by atoms with Gasteiger partial charge in [0.25, 0.3) is 5.69 Å². The Morgan fingerprint density at radius 3 is 2.43 bits per heavy atom. The normalized spacial score (nSPS) is 23.6. The molecule has 10 heteroatoms. The Bertz CT molecular complexity index is 1950. The molecule has 1 spiro atoms. The van der Waals surface area contributed by atoms with Crippen LogP contribution in [-0.2, 0) is 10.2 Å². The number of ether oxygens (including phenoxy) is 2. The van der Waals surface area contributed by atoms with Gasteiger partial charge in [0.1, 0.15) is 11.5 Å². The summed E-state index contributed by atoms with van der Waals surface area (Å²) in [6.07, 6.45) is 3.82. The van der Waals surface area contributed by atoms with Crippen LogP contribution < -0.4 is 19.7 Å². The predicted molar refractivity (Wildman–Crippen MR) is 160 cm³/mol. The maximum absolute atomic E-state index is 14.9. The first-order chi connectivity index (χ1) is 21.4. The molecule has 1 fully saturated rings. The average Bonchev–Trinajstić information content (AvgIpc) is 3.73. The number of nitro benzene ring substituents is 1. The molecule has 10 nitrogen and oxygen atoms in total. The lowest BCUT2D eigenvalue weighted by atomic mass is 9.64. The fourth-order valence-corrected chi connectivity index (χ4v) is 7.27. The minimum atomic E-state index is -1.48. The number of hydrogen-bond donors (Lipinski definition) is 1. The second-order valence-corrected chi connectivity index (χ2v) is 11.2. The van der Waals surface area contributed by atoms with Crippen molar-refractivity contribution < 1.29 is 28.8 Å². The van der Waals surface area contributed by atoms with E-state index in [1.807, 2.05) is 59.5 Å². The molecular weight excluding hydrogens is 562 g/mol. The fourth-order valence-electron chi connectivity index (χ4n) is 7.27. The van der Waals surface area contributed by atoms with Gasteiger partial charge in [-0.1, -0.05) is 48.6 Å². The third-order valence-electron chi connectivity index (χ3n) is 9.11. The topological polar surface area (TPSA) is 128 Å². The van der Waals surface area contributed by atoms with Crippen LogP contribution in [-0.4, -0.2) is 41.3 Å². The smallest absolute Gasteiger partial charge is 0.269 e. The van der Waals surface area contributed by atoms with Crippen molar-refractivity contribution in [2.24, 2.45) is 5.92 Å². The van der Waals surface area contributed by atoms with E-state index in [0.717, 1.165) is 5.56 Å². The Hall–Kier alpha value is -5.77. The fraction of sp³-hybridized carbons (Fsp3) is 0.147. The Kier molecular flexibility index (Phi) is 5.51. The summed E-state index contributed by atoms with van der Waals surface area (Å²) in [7, 11) is 0. The van der Waals surface area contributed by atoms with Crippen molar-refractivity contribution in [2.75, 3.05) is 17.0 Å². The predicted octanol–water partition coefficient (Wildman–Crippen LogP) is 5.18. The van der Waals surface area contributed by atoms with Crippen LogP contribution in [0.1, 0.15) is 31.8 Å². The van der Waals surface area contributed by atoms with Crippen molar-refractivity contribution >= 4 is 40.6 Å². The van der Waals surface area contributed by atoms with Crippen molar-refractivity contribution in [3.8, 4) is 11.5 Å². The molecule has 0 saturated carbocycles. The molecule has 4 atom stereocenters. The van der Waals surface area contributed by atoms with Gasteiger partial charge in [0.05, 0.1) is 16.9 Å². The highest BCUT2D eigenvalue weighted by molar-refractivity contribution is 6.18. The lowest BCUT2D eigenvalue weighted by Crippen LogP contribution is -2.51. The Labute approximate surface area is 250 Å². The average molecular weight is 586 g/mol. The monoisotopic (exact) mass is 585 g/mol. The van der Waals surface area contributed by atoms with Gasteiger partial charge in [-0.25, -0.2) is 0 Å². The summed E-state index contributed by atoms with van der Waals surface area (Å²) in [4.78, 5) is 56.8. The Balaban J connectivity index is 1.39. The van der Waals surface area contributed by atoms with E-state index in [2.05, 4.69) is 5.32 Å². The van der Waals surface area contributed by atoms with Gasteiger partial charge in [0.2, 0.25) is 12.7 Å². The summed E-state index contributed by atoms with van der Waals surface area (Å²) < 4.78 is 11.0. The van der Waals surface area contributed by atoms with Gasteiger partial charge in [0, 0.05) is 34.6 Å². The molecule has 1 N–H and O–H groups in total. The SMILES string of the molecule is O=C(c1ccc([N+](=O)[O-])cc1)[C@@H]1[C@H](C(=O)c2ccc3c(c2)OCO3)[C@@]2(C(=O)Nc3ccccc32)[C@H]2C=Cc3ccccc3N12. The largest absolute Gasteiger partial charge is 0.454 e. The molecule has 216 valence electrons. The number of non-ortho nitro benzene ring substituents is 1. The summed E-state index contributed by atoms with van der Waals surface area (Å²) in [5.41, 5.74) is 1.58. The highest BCUT2D eigenvalue weighted by atomic mass is 16.7. The van der Waals surface area contributed by atoms with Gasteiger partial charge in [-0.3, -0.25) is 24.5 Å². The first kappa shape index (κ1) is 25.9. The maximum atomic E-state index is 14.9. The zero-order valence-corrected chi connectivity index (χ0v) is 23.0. The molecule has 4 aromatic carbocycles. The molecule has 0 radical (unpaired) electrons. The first-order valence-corrected chi connectivity index (χ1v) is 14.1. The number of nitro groups is 1. The van der Waals surface area contributed by atoms with Crippen molar-refractivity contribution in [3.63, 3.8) is 0 Å². The maximum Gasteiger partial charge on any atom is 0.269 e. The van der Waals surface area contributed by atoms with Crippen molar-refractivity contribution in [1.29, 1.82) is 0 Å². The number of nitrogens with one attached hydrogen (secondary N) is 1. The standard InChI is InChI=1S/C34H23N3O7/c38-31(21-11-15-26-27(17-21)44-18-43-26)29-30(32(39)20-9-13-22(14-10-20)37(41)42)36-25-8-4-1-5-19(25)12-16-28(36)34(29)23-6-2-3-7-24(23)35-33(34)40/h1-17,28-30H,18H2,(H,35,40)/t28-,29-,30+,34+/m1/s1. The van der Waals surface area contributed by atoms with E-state index in [4.69, 9.17) is 9.47 Å². The van der Waals surface area contributed by atoms with Gasteiger partial charge < -0.3 is 19.7 Å². The number of benzene rings is 4. The second-order valence-electron chi connectivity index (χ2n) is 11.2. The molecule has 44 heavy (non-hydrogen) atoms. The van der Waals surface area contributed by atoms with Crippen LogP contribution in [0.4, 0.5) is 17.1 Å². The molecule has 4 aliphatic rings. The number of hydrogen-bond acceptors (Lipinski definition) is 8. The van der Waals surface area contributed by atoms with Crippen molar-refractivity contribution in [3.05, 3.63) is 129 Å². The number of nitrogens with zero attached hydrogens (tertiary/aromatic N) is 2. The van der Waals surface area contributed by atoms with Crippen molar-refractivity contribution in [2.45, 2.75) is 17.5 Å². The van der Waals surface area contributed by atoms with E-state index in [0.29, 0.717) is 28.4 Å². The molecular formula is C34H23N3O7. The first-order valence-electron chi connectivity index (χ1n) is 14.1. The second kappa shape index (κ2) is 9.37. The summed E-state index contributed by atoms with van der Waals surface area (Å²) in [5.74, 6) is -1.50. The number of carbonyl (C=O) groups excluding carboxylic acids is 3. The van der Waals surface area contributed by atoms with Crippen molar-refractivity contribution in [1.82, 2.24) is 0 Å². The third-order valence-corrected chi connectivity index (χ3v) is 9.11. The molecule has 4 aliphatic heterocycles. The van der Waals surface area contributed by atoms with Crippen LogP contribution in [0, 0.1) is 16.0 Å². The lowest BCUT2D eigenvalue weighted by molar-refractivity contribution is -0.384. The quantitative estimate of drug-likeness (QED) is 0.193. The van der Waals surface area contributed by atoms with Gasteiger partial charge >= 0.3 is 0 Å². The van der Waals surface area contributed by atoms with Gasteiger partial charge in [-0.15, -0.1) is 0 Å². The highest BCUT2D eigenvalue weighted by Crippen LogP contribution is 2.58. The van der Waals surface area contributed by atoms with E-state index >= 15 is 0 Å². The number of para-hydroxylation sites is 2. The number of fused-ring (bicyclic) bond motifs is 7. The summed E-state index contributed by atoms with van der Waals surface area (Å²) in [5, 5.41) is 14.4. The van der Waals surface area contributed by atoms with Crippen LogP contribution in [0.3, 0.4) is 0 Å². The number of ketones is 2. The van der Waals surface area contributed by atoms with E-state index in [9.17, 15) is 24.5 Å². The van der Waals surface area contributed by atoms with E-state index in [1.165, 1.54) is 24.3 Å². The van der Waals surface area contributed by atoms with Crippen LogP contribution in [0.25, 0.3) is 6.08 Å².